The second-order valence-corrected chi connectivity index (χ2v) is 5.73. The molecule has 0 amide bonds. The summed E-state index contributed by atoms with van der Waals surface area (Å²) in [4.78, 5) is 28.7. The fraction of sp³-hybridized carbons (Fsp3) is 0.438. The van der Waals surface area contributed by atoms with E-state index in [2.05, 4.69) is 18.8 Å². The highest BCUT2D eigenvalue weighted by atomic mass is 32.1. The van der Waals surface area contributed by atoms with Crippen molar-refractivity contribution in [3.8, 4) is 0 Å². The van der Waals surface area contributed by atoms with E-state index in [4.69, 9.17) is 17.0 Å². The Balaban J connectivity index is 2.43. The first-order valence-electron chi connectivity index (χ1n) is 7.70. The first-order valence-corrected chi connectivity index (χ1v) is 8.11. The number of hydrogen-bond donors (Lipinski definition) is 2. The molecule has 1 heterocycles. The van der Waals surface area contributed by atoms with Crippen LogP contribution < -0.4 is 10.5 Å². The van der Waals surface area contributed by atoms with Gasteiger partial charge in [0, 0.05) is 0 Å². The molecule has 0 aliphatic heterocycles. The average Bonchev–Trinajstić information content (AvgIpc) is 2.56. The molecule has 1 aromatic carbocycles. The van der Waals surface area contributed by atoms with Gasteiger partial charge in [-0.2, -0.15) is 0 Å². The van der Waals surface area contributed by atoms with Crippen molar-refractivity contribution in [2.45, 2.75) is 20.4 Å². The Morgan fingerprint density at radius 2 is 2.04 bits per heavy atom. The van der Waals surface area contributed by atoms with Crippen LogP contribution in [0.5, 0.6) is 0 Å². The third-order valence-electron chi connectivity index (χ3n) is 4.09. The molecule has 0 unspecified atom stereocenters. The minimum atomic E-state index is -0.444. The lowest BCUT2D eigenvalue weighted by Gasteiger charge is -2.16. The number of H-pyrrole nitrogens is 1. The number of rotatable bonds is 6. The molecule has 0 saturated carbocycles. The van der Waals surface area contributed by atoms with Gasteiger partial charge in [-0.25, -0.2) is 4.79 Å². The topological polar surface area (TPSA) is 68.5 Å². The predicted molar refractivity (Wildman–Crippen MR) is 91.6 cm³/mol. The molecule has 7 heteroatoms. The lowest BCUT2D eigenvalue weighted by atomic mass is 10.1. The average molecular weight is 336 g/mol. The van der Waals surface area contributed by atoms with E-state index >= 15 is 0 Å². The van der Waals surface area contributed by atoms with Crippen molar-refractivity contribution in [2.75, 3.05) is 26.7 Å². The van der Waals surface area contributed by atoms with Crippen LogP contribution in [0.2, 0.25) is 0 Å². The number of ether oxygens (including phenoxy) is 1. The first kappa shape index (κ1) is 17.4. The van der Waals surface area contributed by atoms with Crippen molar-refractivity contribution < 1.29 is 14.4 Å². The Kier molecular flexibility index (Phi) is 5.68. The molecule has 1 aromatic heterocycles. The molecule has 2 rings (SSSR count). The van der Waals surface area contributed by atoms with Crippen LogP contribution in [0, 0.1) is 4.77 Å². The van der Waals surface area contributed by atoms with Crippen LogP contribution in [0.15, 0.2) is 23.0 Å². The molecule has 124 valence electrons. The molecule has 0 fully saturated rings. The smallest absolute Gasteiger partial charge is 0.337 e. The third kappa shape index (κ3) is 3.68. The molecule has 6 nitrogen and oxygen atoms in total. The molecule has 0 bridgehead atoms. The summed E-state index contributed by atoms with van der Waals surface area (Å²) >= 11 is 5.31. The number of fused-ring (bicyclic) bond motifs is 1. The highest BCUT2D eigenvalue weighted by molar-refractivity contribution is 7.71. The molecular formula is C16H22N3O3S+. The summed E-state index contributed by atoms with van der Waals surface area (Å²) in [6, 6.07) is 4.82. The Labute approximate surface area is 139 Å². The van der Waals surface area contributed by atoms with Crippen LogP contribution in [0.1, 0.15) is 24.2 Å². The summed E-state index contributed by atoms with van der Waals surface area (Å²) in [5.74, 6) is -0.444. The number of hydrogen-bond acceptors (Lipinski definition) is 4. The molecule has 0 aliphatic carbocycles. The van der Waals surface area contributed by atoms with Gasteiger partial charge >= 0.3 is 5.97 Å². The monoisotopic (exact) mass is 336 g/mol. The highest BCUT2D eigenvalue weighted by Gasteiger charge is 2.11. The Morgan fingerprint density at radius 1 is 1.35 bits per heavy atom. The summed E-state index contributed by atoms with van der Waals surface area (Å²) in [6.45, 7) is 7.68. The summed E-state index contributed by atoms with van der Waals surface area (Å²) in [7, 11) is 1.32. The van der Waals surface area contributed by atoms with Crippen molar-refractivity contribution in [3.05, 3.63) is 38.9 Å². The van der Waals surface area contributed by atoms with Gasteiger partial charge in [0.2, 0.25) is 0 Å². The van der Waals surface area contributed by atoms with Crippen LogP contribution in [0.3, 0.4) is 0 Å². The number of carbonyl (C=O) groups is 1. The lowest BCUT2D eigenvalue weighted by molar-refractivity contribution is -0.897. The van der Waals surface area contributed by atoms with Crippen molar-refractivity contribution in [3.63, 3.8) is 0 Å². The van der Waals surface area contributed by atoms with Crippen LogP contribution in [-0.2, 0) is 11.3 Å². The van der Waals surface area contributed by atoms with Gasteiger partial charge < -0.3 is 14.6 Å². The summed E-state index contributed by atoms with van der Waals surface area (Å²) in [6.07, 6.45) is 0. The van der Waals surface area contributed by atoms with Gasteiger partial charge in [-0.1, -0.05) is 0 Å². The largest absolute Gasteiger partial charge is 0.465 e. The maximum absolute atomic E-state index is 12.6. The molecule has 0 saturated heterocycles. The molecule has 0 atom stereocenters. The molecular weight excluding hydrogens is 314 g/mol. The second-order valence-electron chi connectivity index (χ2n) is 5.35. The number of nitrogens with zero attached hydrogens (tertiary/aromatic N) is 1. The zero-order chi connectivity index (χ0) is 17.0. The standard InChI is InChI=1S/C16H21N3O3S/c1-4-18(5-2)8-9-19-14(20)12-7-6-11(15(21)22-3)10-13(12)17-16(19)23/h6-7,10H,4-5,8-9H2,1-3H3,(H,17,23)/p+1. The van der Waals surface area contributed by atoms with E-state index in [0.717, 1.165) is 19.6 Å². The molecule has 0 spiro atoms. The lowest BCUT2D eigenvalue weighted by Crippen LogP contribution is -3.11. The van der Waals surface area contributed by atoms with E-state index in [9.17, 15) is 9.59 Å². The number of aromatic amines is 1. The molecule has 23 heavy (non-hydrogen) atoms. The Bertz CT molecular complexity index is 821. The van der Waals surface area contributed by atoms with E-state index in [-0.39, 0.29) is 5.56 Å². The van der Waals surface area contributed by atoms with Gasteiger partial charge in [0.15, 0.2) is 4.77 Å². The fourth-order valence-corrected chi connectivity index (χ4v) is 2.86. The van der Waals surface area contributed by atoms with Gasteiger partial charge in [-0.05, 0) is 44.3 Å². The SMILES string of the molecule is CC[NH+](CC)CCn1c(=S)[nH]c2cc(C(=O)OC)ccc2c1=O. The van der Waals surface area contributed by atoms with E-state index < -0.39 is 5.97 Å². The van der Waals surface area contributed by atoms with Gasteiger partial charge in [0.25, 0.3) is 5.56 Å². The van der Waals surface area contributed by atoms with E-state index in [1.54, 1.807) is 22.8 Å². The number of nitrogens with one attached hydrogen (secondary N) is 2. The zero-order valence-electron chi connectivity index (χ0n) is 13.6. The second kappa shape index (κ2) is 7.52. The summed E-state index contributed by atoms with van der Waals surface area (Å²) in [5, 5.41) is 0.515. The van der Waals surface area contributed by atoms with Crippen LogP contribution >= 0.6 is 12.2 Å². The van der Waals surface area contributed by atoms with Crippen molar-refractivity contribution in [1.29, 1.82) is 0 Å². The minimum absolute atomic E-state index is 0.133. The highest BCUT2D eigenvalue weighted by Crippen LogP contribution is 2.11. The zero-order valence-corrected chi connectivity index (χ0v) is 14.5. The van der Waals surface area contributed by atoms with Crippen molar-refractivity contribution in [1.82, 2.24) is 9.55 Å². The maximum Gasteiger partial charge on any atom is 0.337 e. The summed E-state index contributed by atoms with van der Waals surface area (Å²) < 4.78 is 6.65. The normalized spacial score (nSPS) is 11.1. The van der Waals surface area contributed by atoms with E-state index in [0.29, 0.717) is 27.8 Å². The van der Waals surface area contributed by atoms with Gasteiger partial charge in [0.05, 0.1) is 49.8 Å². The third-order valence-corrected chi connectivity index (χ3v) is 4.41. The molecule has 2 aromatic rings. The molecule has 2 N–H and O–H groups in total. The van der Waals surface area contributed by atoms with Gasteiger partial charge in [-0.3, -0.25) is 9.36 Å². The summed E-state index contributed by atoms with van der Waals surface area (Å²) in [5.41, 5.74) is 0.802. The number of aromatic nitrogens is 2. The van der Waals surface area contributed by atoms with E-state index in [1.807, 2.05) is 0 Å². The Hall–Kier alpha value is -1.99. The number of benzene rings is 1. The van der Waals surface area contributed by atoms with Crippen molar-refractivity contribution >= 4 is 29.1 Å². The van der Waals surface area contributed by atoms with Crippen LogP contribution in [-0.4, -0.2) is 42.3 Å². The number of quaternary nitrogens is 1. The quantitative estimate of drug-likeness (QED) is 0.604. The van der Waals surface area contributed by atoms with Gasteiger partial charge in [-0.15, -0.1) is 0 Å². The number of carbonyl (C=O) groups excluding carboxylic acids is 1. The fourth-order valence-electron chi connectivity index (χ4n) is 2.58. The minimum Gasteiger partial charge on any atom is -0.465 e. The van der Waals surface area contributed by atoms with Crippen molar-refractivity contribution in [2.24, 2.45) is 0 Å². The number of methoxy groups -OCH3 is 1. The van der Waals surface area contributed by atoms with Crippen LogP contribution in [0.25, 0.3) is 10.9 Å². The maximum atomic E-state index is 12.6. The predicted octanol–water partition coefficient (Wildman–Crippen LogP) is 0.770. The Morgan fingerprint density at radius 3 is 2.65 bits per heavy atom. The number of likely N-dealkylation sites (N-methyl/N-ethyl adjacent to an activating group) is 1. The number of esters is 1. The first-order chi connectivity index (χ1) is 11.0. The molecule has 0 radical (unpaired) electrons. The van der Waals surface area contributed by atoms with E-state index in [1.165, 1.54) is 12.0 Å². The molecule has 0 aliphatic rings. The van der Waals surface area contributed by atoms with Crippen LogP contribution in [0.4, 0.5) is 0 Å². The van der Waals surface area contributed by atoms with Gasteiger partial charge in [0.1, 0.15) is 0 Å².